The molecule has 17 nitrogen and oxygen atoms in total. The van der Waals surface area contributed by atoms with Crippen molar-refractivity contribution >= 4 is 85.0 Å². The second-order valence-electron chi connectivity index (χ2n) is 17.5. The molecule has 0 saturated carbocycles. The predicted molar refractivity (Wildman–Crippen MR) is 239 cm³/mol. The third-order valence-electron chi connectivity index (χ3n) is 12.3. The van der Waals surface area contributed by atoms with Gasteiger partial charge in [0.05, 0.1) is 31.5 Å². The molecule has 0 aromatic heterocycles. The molecule has 1 amide bonds. The second kappa shape index (κ2) is 22.2. The van der Waals surface area contributed by atoms with E-state index in [1.165, 1.54) is 12.1 Å². The summed E-state index contributed by atoms with van der Waals surface area (Å²) in [6.07, 6.45) is 11.6. The van der Waals surface area contributed by atoms with Gasteiger partial charge >= 0.3 is 103 Å². The Bertz CT molecular complexity index is 3170. The summed E-state index contributed by atoms with van der Waals surface area (Å²) in [5.74, 6) is -0.0422. The Labute approximate surface area is 477 Å². The van der Waals surface area contributed by atoms with Crippen LogP contribution in [0.4, 0.5) is 11.4 Å². The smallest absolute Gasteiger partial charge is 0.744 e. The number of amides is 1. The molecule has 2 aliphatic rings. The molecule has 352 valence electrons. The van der Waals surface area contributed by atoms with Crippen molar-refractivity contribution in [3.05, 3.63) is 83.6 Å². The molecular formula is C44H52K2N4O13S4. The number of anilines is 1. The number of nitrogens with one attached hydrogen (secondary N) is 1. The van der Waals surface area contributed by atoms with Gasteiger partial charge in [-0.2, -0.15) is 4.58 Å². The zero-order valence-corrected chi connectivity index (χ0v) is 48.2. The Hall–Kier alpha value is -1.31. The zero-order chi connectivity index (χ0) is 48.1. The maximum absolute atomic E-state index is 12.6. The van der Waals surface area contributed by atoms with Crippen LogP contribution in [0.15, 0.2) is 92.0 Å². The molecule has 4 N–H and O–H groups in total. The molecule has 0 spiro atoms. The fraction of sp³-hybridized carbons (Fsp3) is 0.409. The number of unbranched alkanes of at least 4 members (excludes halogenated alkanes) is 5. The van der Waals surface area contributed by atoms with E-state index in [-0.39, 0.29) is 130 Å². The molecule has 23 heteroatoms. The van der Waals surface area contributed by atoms with Crippen LogP contribution in [0.5, 0.6) is 0 Å². The van der Waals surface area contributed by atoms with E-state index in [4.69, 9.17) is 0 Å². The molecule has 0 fully saturated rings. The van der Waals surface area contributed by atoms with Crippen molar-refractivity contribution in [2.75, 3.05) is 31.6 Å². The third kappa shape index (κ3) is 12.5. The molecule has 4 aromatic rings. The monoisotopic (exact) mass is 1050 g/mol. The van der Waals surface area contributed by atoms with Gasteiger partial charge in [-0.3, -0.25) is 4.79 Å². The van der Waals surface area contributed by atoms with Gasteiger partial charge in [-0.1, -0.05) is 38.8 Å². The Morgan fingerprint density at radius 1 is 0.672 bits per heavy atom. The van der Waals surface area contributed by atoms with E-state index in [9.17, 15) is 56.7 Å². The number of nitrogens with zero attached hydrogens (tertiary/aromatic N) is 2. The van der Waals surface area contributed by atoms with Gasteiger partial charge in [-0.05, 0) is 110 Å². The van der Waals surface area contributed by atoms with Crippen molar-refractivity contribution in [2.45, 2.75) is 109 Å². The molecule has 2 heterocycles. The standard InChI is InChI=1S/C44H54N4O13S4.2K/c1-43(2)38(47(5)34-19-17-30-32(41(34)43)24-28(62(50,51)52)26-36(30)64(56,57)58)14-13-15-39-44(3,4)42-33-25-29(63(53,54)55)27-37(65(59,60)61)31(33)18-20-35(42)48(39)23-12-8-9-16-40(49)46-22-11-7-6-10-21-45;;/h13-15,17-20,24-27H,6-12,16,21-23,45H2,1-5H3,(H4-,46,49,50,51,52,53,54,55,56,57,58,59,60,61);;/q;2*+1/p-2. The number of carbonyl (C=O) groups is 1. The molecule has 0 bridgehead atoms. The third-order valence-corrected chi connectivity index (χ3v) is 15.7. The van der Waals surface area contributed by atoms with Crippen molar-refractivity contribution in [1.29, 1.82) is 0 Å². The van der Waals surface area contributed by atoms with Crippen LogP contribution in [0.2, 0.25) is 0 Å². The minimum atomic E-state index is -5.25. The van der Waals surface area contributed by atoms with E-state index in [0.29, 0.717) is 84.8 Å². The summed E-state index contributed by atoms with van der Waals surface area (Å²) in [6.45, 7) is 9.18. The first-order chi connectivity index (χ1) is 30.1. The van der Waals surface area contributed by atoms with Gasteiger partial charge in [0.25, 0.3) is 0 Å². The van der Waals surface area contributed by atoms with E-state index in [1.807, 2.05) is 43.2 Å². The largest absolute Gasteiger partial charge is 1.00 e. The Morgan fingerprint density at radius 3 is 1.73 bits per heavy atom. The van der Waals surface area contributed by atoms with Gasteiger partial charge < -0.3 is 34.2 Å². The first kappa shape index (κ1) is 58.3. The van der Waals surface area contributed by atoms with Gasteiger partial charge in [0.2, 0.25) is 11.6 Å². The Morgan fingerprint density at radius 2 is 1.19 bits per heavy atom. The second-order valence-corrected chi connectivity index (χ2v) is 22.9. The minimum absolute atomic E-state index is 0. The van der Waals surface area contributed by atoms with Crippen molar-refractivity contribution in [3.63, 3.8) is 0 Å². The molecule has 0 radical (unpaired) electrons. The van der Waals surface area contributed by atoms with E-state index in [0.717, 1.165) is 44.4 Å². The summed E-state index contributed by atoms with van der Waals surface area (Å²) in [7, 11) is -19.1. The number of benzene rings is 4. The number of rotatable bonds is 18. The van der Waals surface area contributed by atoms with Gasteiger partial charge in [0.15, 0.2) is 5.71 Å². The van der Waals surface area contributed by atoms with Crippen LogP contribution in [0, 0.1) is 0 Å². The summed E-state index contributed by atoms with van der Waals surface area (Å²) in [4.78, 5) is 11.1. The average Bonchev–Trinajstić information content (AvgIpc) is 3.54. The van der Waals surface area contributed by atoms with E-state index >= 15 is 0 Å². The van der Waals surface area contributed by atoms with E-state index in [1.54, 1.807) is 31.3 Å². The summed E-state index contributed by atoms with van der Waals surface area (Å²) in [5.41, 5.74) is 5.25. The average molecular weight is 1050 g/mol. The maximum Gasteiger partial charge on any atom is 1.00 e. The van der Waals surface area contributed by atoms with Gasteiger partial charge in [-0.25, -0.2) is 33.7 Å². The first-order valence-corrected chi connectivity index (χ1v) is 26.6. The topological polar surface area (TPSA) is 292 Å². The maximum atomic E-state index is 12.6. The van der Waals surface area contributed by atoms with Crippen molar-refractivity contribution in [1.82, 2.24) is 5.32 Å². The van der Waals surface area contributed by atoms with Gasteiger partial charge in [-0.15, -0.1) is 0 Å². The molecule has 0 unspecified atom stereocenters. The number of quaternary nitrogens is 1. The van der Waals surface area contributed by atoms with Crippen LogP contribution in [-0.2, 0) is 56.1 Å². The van der Waals surface area contributed by atoms with Crippen molar-refractivity contribution in [2.24, 2.45) is 0 Å². The fourth-order valence-electron chi connectivity index (χ4n) is 9.31. The van der Waals surface area contributed by atoms with Crippen LogP contribution < -0.4 is 119 Å². The Kier molecular flexibility index (Phi) is 19.3. The molecule has 6 rings (SSSR count). The van der Waals surface area contributed by atoms with Crippen molar-refractivity contribution < 1.29 is 170 Å². The quantitative estimate of drug-likeness (QED) is 0.0489. The van der Waals surface area contributed by atoms with Crippen LogP contribution >= 0.6 is 0 Å². The SMILES string of the molecule is C[N+]1=C(/C=C/C=C2/N(CCCCCC(=O)NCCCCCC[NH3+])c3ccc4c(S(=O)(=O)[O-])cc(S(=O)(=O)[O-])cc4c3C2(C)C)C(C)(C)c2c1ccc1c(S(=O)(=O)[O-])cc(S(=O)(=O)[O-])cc21.[K+].[K+]. The summed E-state index contributed by atoms with van der Waals surface area (Å²) >= 11 is 0. The van der Waals surface area contributed by atoms with Crippen LogP contribution in [-0.4, -0.2) is 94.8 Å². The number of hydrogen-bond donors (Lipinski definition) is 2. The molecule has 0 saturated heterocycles. The normalized spacial score (nSPS) is 16.4. The zero-order valence-electron chi connectivity index (χ0n) is 38.7. The van der Waals surface area contributed by atoms with Crippen LogP contribution in [0.1, 0.15) is 90.2 Å². The fourth-order valence-corrected chi connectivity index (χ4v) is 11.9. The number of fused-ring (bicyclic) bond motifs is 6. The van der Waals surface area contributed by atoms with E-state index in [2.05, 4.69) is 11.1 Å². The van der Waals surface area contributed by atoms with Crippen LogP contribution in [0.25, 0.3) is 21.5 Å². The molecule has 2 aliphatic heterocycles. The molecule has 0 aliphatic carbocycles. The van der Waals surface area contributed by atoms with Crippen molar-refractivity contribution in [3.8, 4) is 0 Å². The minimum Gasteiger partial charge on any atom is -0.744 e. The Balaban J connectivity index is 0.00000490. The first-order valence-electron chi connectivity index (χ1n) is 21.0. The van der Waals surface area contributed by atoms with Gasteiger partial charge in [0.1, 0.15) is 47.5 Å². The summed E-state index contributed by atoms with van der Waals surface area (Å²) < 4.78 is 150. The molecular weight excluding hydrogens is 999 g/mol. The van der Waals surface area contributed by atoms with Crippen LogP contribution in [0.3, 0.4) is 0 Å². The number of hydrogen-bond acceptors (Lipinski definition) is 14. The van der Waals surface area contributed by atoms with E-state index < -0.39 is 70.9 Å². The molecule has 67 heavy (non-hydrogen) atoms. The summed E-state index contributed by atoms with van der Waals surface area (Å²) in [5, 5.41) is 3.04. The molecule has 0 atom stereocenters. The predicted octanol–water partition coefficient (Wildman–Crippen LogP) is -1.66. The summed E-state index contributed by atoms with van der Waals surface area (Å²) in [6, 6.07) is 9.36. The van der Waals surface area contributed by atoms with Gasteiger partial charge in [0, 0.05) is 59.4 Å². The molecule has 4 aromatic carbocycles. The number of allylic oxidation sites excluding steroid dienone is 4. The number of carbonyl (C=O) groups excluding carboxylic acids is 1.